The number of aromatic nitrogens is 2. The maximum Gasteiger partial charge on any atom is 0.266 e. The third kappa shape index (κ3) is 2.73. The van der Waals surface area contributed by atoms with E-state index in [4.69, 9.17) is 6.42 Å². The highest BCUT2D eigenvalue weighted by molar-refractivity contribution is 14.1. The van der Waals surface area contributed by atoms with Crippen LogP contribution in [-0.4, -0.2) is 16.5 Å². The van der Waals surface area contributed by atoms with Crippen LogP contribution in [0.2, 0.25) is 0 Å². The van der Waals surface area contributed by atoms with Gasteiger partial charge in [-0.3, -0.25) is 4.79 Å². The molecule has 68 valence electrons. The lowest BCUT2D eigenvalue weighted by molar-refractivity contribution is 1.03. The molecule has 0 saturated carbocycles. The van der Waals surface area contributed by atoms with Crippen molar-refractivity contribution < 1.29 is 0 Å². The summed E-state index contributed by atoms with van der Waals surface area (Å²) in [7, 11) is 0. The predicted octanol–water partition coefficient (Wildman–Crippen LogP) is 0.810. The second-order valence-corrected chi connectivity index (χ2v) is 3.35. The lowest BCUT2D eigenvalue weighted by Crippen LogP contribution is -2.15. The first kappa shape index (κ1) is 10.1. The van der Waals surface area contributed by atoms with Crippen LogP contribution in [0, 0.1) is 15.9 Å². The molecule has 0 aliphatic heterocycles. The number of H-pyrrole nitrogens is 1. The lowest BCUT2D eigenvalue weighted by Gasteiger charge is -2.03. The van der Waals surface area contributed by atoms with Crippen molar-refractivity contribution in [2.24, 2.45) is 0 Å². The van der Waals surface area contributed by atoms with Gasteiger partial charge >= 0.3 is 0 Å². The van der Waals surface area contributed by atoms with Gasteiger partial charge in [-0.05, 0) is 22.6 Å². The van der Waals surface area contributed by atoms with E-state index in [1.165, 1.54) is 6.33 Å². The average molecular weight is 289 g/mol. The van der Waals surface area contributed by atoms with Crippen LogP contribution in [0.25, 0.3) is 0 Å². The van der Waals surface area contributed by atoms with E-state index in [0.717, 1.165) is 0 Å². The van der Waals surface area contributed by atoms with E-state index < -0.39 is 0 Å². The molecule has 0 unspecified atom stereocenters. The fraction of sp³-hybridized carbons (Fsp3) is 0.250. The summed E-state index contributed by atoms with van der Waals surface area (Å²) in [5, 5.41) is 2.97. The Morgan fingerprint density at radius 1 is 1.77 bits per heavy atom. The first-order chi connectivity index (χ1) is 6.25. The number of aromatic amines is 1. The molecular weight excluding hydrogens is 281 g/mol. The van der Waals surface area contributed by atoms with Gasteiger partial charge in [0.25, 0.3) is 5.56 Å². The summed E-state index contributed by atoms with van der Waals surface area (Å²) in [5.41, 5.74) is -0.140. The average Bonchev–Trinajstić information content (AvgIpc) is 2.13. The molecule has 5 heteroatoms. The minimum absolute atomic E-state index is 0.140. The van der Waals surface area contributed by atoms with Crippen LogP contribution in [-0.2, 0) is 0 Å². The van der Waals surface area contributed by atoms with E-state index in [2.05, 4.69) is 21.2 Å². The van der Waals surface area contributed by atoms with Crippen molar-refractivity contribution in [1.29, 1.82) is 0 Å². The minimum atomic E-state index is -0.140. The molecule has 0 spiro atoms. The molecule has 2 N–H and O–H groups in total. The van der Waals surface area contributed by atoms with Gasteiger partial charge in [-0.25, -0.2) is 4.98 Å². The van der Waals surface area contributed by atoms with Gasteiger partial charge in [0.2, 0.25) is 0 Å². The zero-order chi connectivity index (χ0) is 9.68. The van der Waals surface area contributed by atoms with Crippen molar-refractivity contribution in [2.45, 2.75) is 6.42 Å². The molecule has 0 aromatic carbocycles. The Kier molecular flexibility index (Phi) is 3.76. The Bertz CT molecular complexity index is 380. The van der Waals surface area contributed by atoms with E-state index in [9.17, 15) is 4.79 Å². The largest absolute Gasteiger partial charge is 0.368 e. The Morgan fingerprint density at radius 2 is 2.54 bits per heavy atom. The molecular formula is C8H8IN3O. The van der Waals surface area contributed by atoms with Gasteiger partial charge < -0.3 is 10.3 Å². The van der Waals surface area contributed by atoms with Crippen LogP contribution >= 0.6 is 22.6 Å². The highest BCUT2D eigenvalue weighted by Gasteiger charge is 2.02. The summed E-state index contributed by atoms with van der Waals surface area (Å²) in [6.07, 6.45) is 7.06. The maximum absolute atomic E-state index is 11.1. The van der Waals surface area contributed by atoms with Crippen LogP contribution in [0.1, 0.15) is 6.42 Å². The van der Waals surface area contributed by atoms with Crippen LogP contribution in [0.15, 0.2) is 11.1 Å². The molecule has 0 amide bonds. The third-order valence-electron chi connectivity index (χ3n) is 1.36. The number of nitrogens with one attached hydrogen (secondary N) is 2. The molecule has 0 aliphatic carbocycles. The zero-order valence-electron chi connectivity index (χ0n) is 6.80. The van der Waals surface area contributed by atoms with Gasteiger partial charge in [-0.1, -0.05) is 0 Å². The van der Waals surface area contributed by atoms with Crippen molar-refractivity contribution in [3.05, 3.63) is 20.3 Å². The predicted molar refractivity (Wildman–Crippen MR) is 59.5 cm³/mol. The summed E-state index contributed by atoms with van der Waals surface area (Å²) < 4.78 is 0.553. The molecule has 0 aliphatic rings. The second kappa shape index (κ2) is 4.87. The molecule has 4 nitrogen and oxygen atoms in total. The van der Waals surface area contributed by atoms with Gasteiger partial charge in [0.15, 0.2) is 0 Å². The van der Waals surface area contributed by atoms with Crippen molar-refractivity contribution in [3.63, 3.8) is 0 Å². The third-order valence-corrected chi connectivity index (χ3v) is 2.36. The Balaban J connectivity index is 2.73. The summed E-state index contributed by atoms with van der Waals surface area (Å²) in [5.74, 6) is 3.08. The second-order valence-electron chi connectivity index (χ2n) is 2.28. The summed E-state index contributed by atoms with van der Waals surface area (Å²) in [6.45, 7) is 0.628. The van der Waals surface area contributed by atoms with Crippen molar-refractivity contribution in [2.75, 3.05) is 11.9 Å². The summed E-state index contributed by atoms with van der Waals surface area (Å²) >= 11 is 1.94. The van der Waals surface area contributed by atoms with E-state index >= 15 is 0 Å². The molecule has 1 heterocycles. The molecule has 1 aromatic rings. The SMILES string of the molecule is C#CCCNc1nc[nH]c(=O)c1I. The van der Waals surface area contributed by atoms with Crippen LogP contribution in [0.4, 0.5) is 5.82 Å². The summed E-state index contributed by atoms with van der Waals surface area (Å²) in [4.78, 5) is 17.5. The molecule has 1 rings (SSSR count). The quantitative estimate of drug-likeness (QED) is 0.492. The van der Waals surface area contributed by atoms with E-state index in [1.54, 1.807) is 0 Å². The highest BCUT2D eigenvalue weighted by atomic mass is 127. The van der Waals surface area contributed by atoms with E-state index in [0.29, 0.717) is 22.4 Å². The number of terminal acetylenes is 1. The van der Waals surface area contributed by atoms with Crippen LogP contribution in [0.3, 0.4) is 0 Å². The van der Waals surface area contributed by atoms with Crippen LogP contribution < -0.4 is 10.9 Å². The van der Waals surface area contributed by atoms with Crippen molar-refractivity contribution in [3.8, 4) is 12.3 Å². The lowest BCUT2D eigenvalue weighted by atomic mass is 10.4. The smallest absolute Gasteiger partial charge is 0.266 e. The van der Waals surface area contributed by atoms with Crippen molar-refractivity contribution >= 4 is 28.4 Å². The normalized spacial score (nSPS) is 9.23. The molecule has 0 atom stereocenters. The Morgan fingerprint density at radius 3 is 3.23 bits per heavy atom. The van der Waals surface area contributed by atoms with Gasteiger partial charge in [0.05, 0.1) is 6.33 Å². The number of halogens is 1. The molecule has 0 radical (unpaired) electrons. The number of anilines is 1. The topological polar surface area (TPSA) is 57.8 Å². The highest BCUT2D eigenvalue weighted by Crippen LogP contribution is 2.07. The first-order valence-corrected chi connectivity index (χ1v) is 4.74. The Labute approximate surface area is 89.3 Å². The fourth-order valence-corrected chi connectivity index (χ4v) is 1.25. The van der Waals surface area contributed by atoms with Gasteiger partial charge in [-0.2, -0.15) is 0 Å². The summed E-state index contributed by atoms with van der Waals surface area (Å²) in [6, 6.07) is 0. The van der Waals surface area contributed by atoms with E-state index in [1.807, 2.05) is 22.6 Å². The van der Waals surface area contributed by atoms with Gasteiger partial charge in [0.1, 0.15) is 9.39 Å². The van der Waals surface area contributed by atoms with E-state index in [-0.39, 0.29) is 5.56 Å². The molecule has 0 fully saturated rings. The first-order valence-electron chi connectivity index (χ1n) is 3.66. The number of nitrogens with zero attached hydrogens (tertiary/aromatic N) is 1. The molecule has 0 bridgehead atoms. The van der Waals surface area contributed by atoms with Gasteiger partial charge in [-0.15, -0.1) is 12.3 Å². The maximum atomic E-state index is 11.1. The fourth-order valence-electron chi connectivity index (χ4n) is 0.759. The molecule has 1 aromatic heterocycles. The van der Waals surface area contributed by atoms with Crippen LogP contribution in [0.5, 0.6) is 0 Å². The monoisotopic (exact) mass is 289 g/mol. The van der Waals surface area contributed by atoms with Gasteiger partial charge in [0, 0.05) is 13.0 Å². The molecule has 0 saturated heterocycles. The molecule has 13 heavy (non-hydrogen) atoms. The standard InChI is InChI=1S/C8H8IN3O/c1-2-3-4-10-7-6(9)8(13)12-5-11-7/h1,5H,3-4H2,(H2,10,11,12,13). The number of rotatable bonds is 3. The number of hydrogen-bond acceptors (Lipinski definition) is 3. The van der Waals surface area contributed by atoms with Crippen molar-refractivity contribution in [1.82, 2.24) is 9.97 Å². The number of hydrogen-bond donors (Lipinski definition) is 2. The Hall–Kier alpha value is -1.03. The minimum Gasteiger partial charge on any atom is -0.368 e. The zero-order valence-corrected chi connectivity index (χ0v) is 8.96.